The van der Waals surface area contributed by atoms with Crippen LogP contribution in [0.25, 0.3) is 0 Å². The second kappa shape index (κ2) is 6.90. The van der Waals surface area contributed by atoms with Crippen molar-refractivity contribution in [2.24, 2.45) is 11.8 Å². The van der Waals surface area contributed by atoms with Crippen molar-refractivity contribution in [1.29, 1.82) is 0 Å². The Hall–Kier alpha value is -1.61. The molecule has 1 fully saturated rings. The van der Waals surface area contributed by atoms with Crippen molar-refractivity contribution in [2.75, 3.05) is 6.61 Å². The molecule has 0 amide bonds. The van der Waals surface area contributed by atoms with Gasteiger partial charge in [-0.1, -0.05) is 42.5 Å². The highest BCUT2D eigenvalue weighted by molar-refractivity contribution is 5.73. The first-order chi connectivity index (χ1) is 10.0. The van der Waals surface area contributed by atoms with Crippen LogP contribution in [0.4, 0.5) is 0 Å². The van der Waals surface area contributed by atoms with Gasteiger partial charge in [0.2, 0.25) is 0 Å². The van der Waals surface area contributed by atoms with Crippen LogP contribution in [0.3, 0.4) is 0 Å². The molecule has 0 radical (unpaired) electrons. The molecule has 1 heterocycles. The topological polar surface area (TPSA) is 35.5 Å². The molecule has 3 nitrogen and oxygen atoms in total. The Morgan fingerprint density at radius 3 is 2.57 bits per heavy atom. The summed E-state index contributed by atoms with van der Waals surface area (Å²) in [6.07, 6.45) is 0.545. The predicted molar refractivity (Wildman–Crippen MR) is 82.8 cm³/mol. The van der Waals surface area contributed by atoms with Gasteiger partial charge in [0, 0.05) is 5.92 Å². The summed E-state index contributed by atoms with van der Waals surface area (Å²) in [5.41, 5.74) is 2.18. The smallest absolute Gasteiger partial charge is 0.311 e. The number of carbonyl (C=O) groups is 1. The number of rotatable bonds is 4. The van der Waals surface area contributed by atoms with E-state index in [-0.39, 0.29) is 30.0 Å². The molecular formula is C18H24O3. The summed E-state index contributed by atoms with van der Waals surface area (Å²) in [4.78, 5) is 12.1. The van der Waals surface area contributed by atoms with Crippen LogP contribution in [-0.4, -0.2) is 18.7 Å². The van der Waals surface area contributed by atoms with E-state index in [4.69, 9.17) is 9.47 Å². The van der Waals surface area contributed by atoms with Gasteiger partial charge in [-0.25, -0.2) is 0 Å². The van der Waals surface area contributed by atoms with Crippen LogP contribution >= 0.6 is 0 Å². The van der Waals surface area contributed by atoms with Gasteiger partial charge in [-0.15, -0.1) is 0 Å². The molecule has 1 saturated heterocycles. The van der Waals surface area contributed by atoms with Gasteiger partial charge in [-0.3, -0.25) is 4.79 Å². The van der Waals surface area contributed by atoms with Crippen molar-refractivity contribution >= 4 is 5.97 Å². The summed E-state index contributed by atoms with van der Waals surface area (Å²) in [5.74, 6) is -0.243. The molecule has 1 aliphatic heterocycles. The van der Waals surface area contributed by atoms with Crippen molar-refractivity contribution in [3.05, 3.63) is 48.0 Å². The zero-order valence-electron chi connectivity index (χ0n) is 13.0. The lowest BCUT2D eigenvalue weighted by atomic mass is 9.78. The van der Waals surface area contributed by atoms with E-state index in [0.29, 0.717) is 6.61 Å². The van der Waals surface area contributed by atoms with E-state index in [1.807, 2.05) is 39.0 Å². The van der Waals surface area contributed by atoms with E-state index in [0.717, 1.165) is 17.6 Å². The second-order valence-electron chi connectivity index (χ2n) is 5.72. The van der Waals surface area contributed by atoms with E-state index < -0.39 is 0 Å². The Labute approximate surface area is 127 Å². The maximum Gasteiger partial charge on any atom is 0.311 e. The Kier molecular flexibility index (Phi) is 5.18. The molecule has 0 N–H and O–H groups in total. The summed E-state index contributed by atoms with van der Waals surface area (Å²) >= 11 is 0. The largest absolute Gasteiger partial charge is 0.466 e. The molecule has 1 aromatic carbocycles. The molecule has 4 atom stereocenters. The summed E-state index contributed by atoms with van der Waals surface area (Å²) < 4.78 is 11.3. The number of benzene rings is 1. The van der Waals surface area contributed by atoms with E-state index >= 15 is 0 Å². The van der Waals surface area contributed by atoms with Crippen LogP contribution in [0.1, 0.15) is 38.9 Å². The minimum absolute atomic E-state index is 0.0376. The van der Waals surface area contributed by atoms with Crippen LogP contribution in [0.2, 0.25) is 0 Å². The summed E-state index contributed by atoms with van der Waals surface area (Å²) in [6.45, 7) is 10.3. The Morgan fingerprint density at radius 1 is 1.33 bits per heavy atom. The highest BCUT2D eigenvalue weighted by atomic mass is 16.5. The van der Waals surface area contributed by atoms with Crippen LogP contribution < -0.4 is 0 Å². The Morgan fingerprint density at radius 2 is 2.00 bits per heavy atom. The SMILES string of the molecule is C=C(C)[C@@H]1C[C@@H](C(=O)OCC)[C@@H](C)O[C@H]1c1ccccc1. The lowest BCUT2D eigenvalue weighted by molar-refractivity contribution is -0.166. The van der Waals surface area contributed by atoms with E-state index in [1.165, 1.54) is 0 Å². The molecule has 21 heavy (non-hydrogen) atoms. The molecule has 0 aromatic heterocycles. The number of hydrogen-bond donors (Lipinski definition) is 0. The fourth-order valence-electron chi connectivity index (χ4n) is 2.96. The molecule has 0 spiro atoms. The van der Waals surface area contributed by atoms with Crippen LogP contribution in [0.5, 0.6) is 0 Å². The number of ether oxygens (including phenoxy) is 2. The molecule has 1 aromatic rings. The van der Waals surface area contributed by atoms with Crippen molar-refractivity contribution in [3.63, 3.8) is 0 Å². The fraction of sp³-hybridized carbons (Fsp3) is 0.500. The molecule has 0 aliphatic carbocycles. The minimum Gasteiger partial charge on any atom is -0.466 e. The van der Waals surface area contributed by atoms with Gasteiger partial charge in [0.05, 0.1) is 24.7 Å². The summed E-state index contributed by atoms with van der Waals surface area (Å²) in [6, 6.07) is 10.1. The van der Waals surface area contributed by atoms with Crippen LogP contribution in [-0.2, 0) is 14.3 Å². The van der Waals surface area contributed by atoms with Crippen molar-refractivity contribution in [1.82, 2.24) is 0 Å². The molecule has 3 heteroatoms. The number of hydrogen-bond acceptors (Lipinski definition) is 3. The fourth-order valence-corrected chi connectivity index (χ4v) is 2.96. The third kappa shape index (κ3) is 3.53. The Balaban J connectivity index is 2.22. The summed E-state index contributed by atoms with van der Waals surface area (Å²) in [5, 5.41) is 0. The molecule has 114 valence electrons. The minimum atomic E-state index is -0.216. The highest BCUT2D eigenvalue weighted by Crippen LogP contribution is 2.42. The molecule has 0 unspecified atom stereocenters. The number of esters is 1. The van der Waals surface area contributed by atoms with Gasteiger partial charge in [0.25, 0.3) is 0 Å². The van der Waals surface area contributed by atoms with Gasteiger partial charge in [-0.05, 0) is 32.8 Å². The predicted octanol–water partition coefficient (Wildman–Crippen LogP) is 3.91. The van der Waals surface area contributed by atoms with Crippen molar-refractivity contribution < 1.29 is 14.3 Å². The Bertz CT molecular complexity index is 494. The van der Waals surface area contributed by atoms with Gasteiger partial charge in [-0.2, -0.15) is 0 Å². The second-order valence-corrected chi connectivity index (χ2v) is 5.72. The number of carbonyl (C=O) groups excluding carboxylic acids is 1. The van der Waals surface area contributed by atoms with Crippen LogP contribution in [0.15, 0.2) is 42.5 Å². The highest BCUT2D eigenvalue weighted by Gasteiger charge is 2.40. The third-order valence-electron chi connectivity index (χ3n) is 4.15. The lowest BCUT2D eigenvalue weighted by Gasteiger charge is -2.40. The van der Waals surface area contributed by atoms with Gasteiger partial charge < -0.3 is 9.47 Å². The third-order valence-corrected chi connectivity index (χ3v) is 4.15. The van der Waals surface area contributed by atoms with Crippen LogP contribution in [0, 0.1) is 11.8 Å². The van der Waals surface area contributed by atoms with Crippen molar-refractivity contribution in [3.8, 4) is 0 Å². The normalized spacial score (nSPS) is 28.9. The molecule has 1 aliphatic rings. The average Bonchev–Trinajstić information content (AvgIpc) is 2.47. The zero-order chi connectivity index (χ0) is 15.4. The zero-order valence-corrected chi connectivity index (χ0v) is 13.0. The molecule has 2 rings (SSSR count). The molecule has 0 saturated carbocycles. The standard InChI is InChI=1S/C18H24O3/c1-5-20-18(19)16-11-15(12(2)3)17(21-13(16)4)14-9-7-6-8-10-14/h6-10,13,15-17H,2,5,11H2,1,3-4H3/t13-,15+,16-,17+/m1/s1. The quantitative estimate of drug-likeness (QED) is 0.622. The van der Waals surface area contributed by atoms with E-state index in [1.54, 1.807) is 0 Å². The first-order valence-electron chi connectivity index (χ1n) is 7.57. The van der Waals surface area contributed by atoms with E-state index in [2.05, 4.69) is 18.7 Å². The van der Waals surface area contributed by atoms with Gasteiger partial charge in [0.15, 0.2) is 0 Å². The monoisotopic (exact) mass is 288 g/mol. The maximum absolute atomic E-state index is 12.1. The van der Waals surface area contributed by atoms with Gasteiger partial charge in [0.1, 0.15) is 0 Å². The summed E-state index contributed by atoms with van der Waals surface area (Å²) in [7, 11) is 0. The van der Waals surface area contributed by atoms with E-state index in [9.17, 15) is 4.79 Å². The first kappa shape index (κ1) is 15.8. The molecule has 0 bridgehead atoms. The first-order valence-corrected chi connectivity index (χ1v) is 7.57. The van der Waals surface area contributed by atoms with Gasteiger partial charge >= 0.3 is 5.97 Å². The van der Waals surface area contributed by atoms with Crippen molar-refractivity contribution in [2.45, 2.75) is 39.4 Å². The maximum atomic E-state index is 12.1. The lowest BCUT2D eigenvalue weighted by Crippen LogP contribution is -2.40. The molecular weight excluding hydrogens is 264 g/mol. The average molecular weight is 288 g/mol.